The molecule has 4 nitrogen and oxygen atoms in total. The van der Waals surface area contributed by atoms with Crippen LogP contribution in [0.4, 0.5) is 0 Å². The maximum atomic E-state index is 11.4. The number of benzene rings is 1. The van der Waals surface area contributed by atoms with Gasteiger partial charge in [-0.05, 0) is 23.6 Å². The van der Waals surface area contributed by atoms with Crippen molar-refractivity contribution < 1.29 is 14.3 Å². The van der Waals surface area contributed by atoms with Crippen LogP contribution in [0, 0.1) is 0 Å². The van der Waals surface area contributed by atoms with Crippen molar-refractivity contribution in [1.29, 1.82) is 0 Å². The van der Waals surface area contributed by atoms with Crippen LogP contribution in [-0.4, -0.2) is 31.8 Å². The predicted octanol–water partition coefficient (Wildman–Crippen LogP) is 3.17. The highest BCUT2D eigenvalue weighted by Crippen LogP contribution is 2.30. The Morgan fingerprint density at radius 2 is 2.14 bits per heavy atom. The van der Waals surface area contributed by atoms with Crippen LogP contribution in [0.15, 0.2) is 18.2 Å². The van der Waals surface area contributed by atoms with Gasteiger partial charge in [0.1, 0.15) is 17.9 Å². The van der Waals surface area contributed by atoms with E-state index in [2.05, 4.69) is 19.2 Å². The summed E-state index contributed by atoms with van der Waals surface area (Å²) in [4.78, 5) is 11.4. The van der Waals surface area contributed by atoms with Crippen LogP contribution in [0.2, 0.25) is 5.02 Å². The zero-order valence-electron chi connectivity index (χ0n) is 12.4. The second-order valence-electron chi connectivity index (χ2n) is 5.30. The van der Waals surface area contributed by atoms with Crippen molar-refractivity contribution >= 4 is 30.0 Å². The van der Waals surface area contributed by atoms with Crippen molar-refractivity contribution in [2.45, 2.75) is 38.3 Å². The summed E-state index contributed by atoms with van der Waals surface area (Å²) in [5.41, 5.74) is 1.18. The van der Waals surface area contributed by atoms with Crippen LogP contribution in [0.3, 0.4) is 0 Å². The summed E-state index contributed by atoms with van der Waals surface area (Å²) in [5, 5.41) is 3.69. The second-order valence-corrected chi connectivity index (χ2v) is 5.71. The molecule has 0 aliphatic carbocycles. The van der Waals surface area contributed by atoms with E-state index in [1.165, 1.54) is 12.7 Å². The number of rotatable bonds is 4. The molecule has 1 aliphatic rings. The molecular formula is C15H21Cl2NO3. The lowest BCUT2D eigenvalue weighted by molar-refractivity contribution is -0.142. The molecule has 1 aromatic carbocycles. The lowest BCUT2D eigenvalue weighted by Crippen LogP contribution is -2.31. The third kappa shape index (κ3) is 4.50. The third-order valence-electron chi connectivity index (χ3n) is 3.49. The van der Waals surface area contributed by atoms with Gasteiger partial charge in [0.15, 0.2) is 0 Å². The Morgan fingerprint density at radius 3 is 2.71 bits per heavy atom. The summed E-state index contributed by atoms with van der Waals surface area (Å²) in [7, 11) is 1.39. The molecule has 0 saturated carbocycles. The molecule has 1 heterocycles. The Hall–Kier alpha value is -0.970. The molecule has 118 valence electrons. The van der Waals surface area contributed by atoms with Gasteiger partial charge in [0.2, 0.25) is 0 Å². The molecular weight excluding hydrogens is 313 g/mol. The molecule has 21 heavy (non-hydrogen) atoms. The first-order chi connectivity index (χ1) is 9.51. The molecule has 1 N–H and O–H groups in total. The van der Waals surface area contributed by atoms with Gasteiger partial charge in [0.05, 0.1) is 12.1 Å². The van der Waals surface area contributed by atoms with Crippen LogP contribution in [0.1, 0.15) is 31.7 Å². The van der Waals surface area contributed by atoms with E-state index in [0.717, 1.165) is 0 Å². The van der Waals surface area contributed by atoms with Crippen molar-refractivity contribution in [2.24, 2.45) is 0 Å². The van der Waals surface area contributed by atoms with Gasteiger partial charge < -0.3 is 14.8 Å². The molecule has 0 bridgehead atoms. The Balaban J connectivity index is 0.00000220. The van der Waals surface area contributed by atoms with Crippen LogP contribution in [0.5, 0.6) is 5.75 Å². The Labute approximate surface area is 136 Å². The minimum Gasteiger partial charge on any atom is -0.487 e. The van der Waals surface area contributed by atoms with Crippen LogP contribution in [-0.2, 0) is 9.53 Å². The number of methoxy groups -OCH3 is 1. The third-order valence-corrected chi connectivity index (χ3v) is 3.79. The van der Waals surface area contributed by atoms with Crippen molar-refractivity contribution in [2.75, 3.05) is 13.7 Å². The fourth-order valence-electron chi connectivity index (χ4n) is 2.27. The van der Waals surface area contributed by atoms with E-state index in [1.807, 2.05) is 18.2 Å². The predicted molar refractivity (Wildman–Crippen MR) is 85.6 cm³/mol. The molecule has 1 saturated heterocycles. The summed E-state index contributed by atoms with van der Waals surface area (Å²) in [6, 6.07) is 5.55. The van der Waals surface area contributed by atoms with E-state index in [4.69, 9.17) is 21.1 Å². The molecule has 0 radical (unpaired) electrons. The number of carbonyl (C=O) groups excluding carboxylic acids is 1. The van der Waals surface area contributed by atoms with Crippen molar-refractivity contribution in [1.82, 2.24) is 5.32 Å². The van der Waals surface area contributed by atoms with Gasteiger partial charge in [-0.1, -0.05) is 31.5 Å². The van der Waals surface area contributed by atoms with E-state index in [9.17, 15) is 4.79 Å². The minimum absolute atomic E-state index is 0. The van der Waals surface area contributed by atoms with Gasteiger partial charge in [0.25, 0.3) is 0 Å². The maximum absolute atomic E-state index is 11.4. The minimum atomic E-state index is -0.293. The van der Waals surface area contributed by atoms with Crippen LogP contribution < -0.4 is 10.1 Å². The lowest BCUT2D eigenvalue weighted by atomic mass is 10.0. The normalized spacial score (nSPS) is 21.0. The van der Waals surface area contributed by atoms with Crippen LogP contribution in [0.25, 0.3) is 0 Å². The molecule has 1 fully saturated rings. The first-order valence-corrected chi connectivity index (χ1v) is 7.16. The van der Waals surface area contributed by atoms with E-state index < -0.39 is 0 Å². The van der Waals surface area contributed by atoms with Gasteiger partial charge in [-0.3, -0.25) is 4.79 Å². The van der Waals surface area contributed by atoms with Crippen molar-refractivity contribution in [3.05, 3.63) is 28.8 Å². The number of nitrogens with one attached hydrogen (secondary N) is 1. The standard InChI is InChI=1S/C15H20ClNO3.ClH/c1-9(2)10-4-5-14(12(16)6-10)20-11-7-13(17-8-11)15(18)19-3;/h4-6,9,11,13,17H,7-8H2,1-3H3;1H. The topological polar surface area (TPSA) is 47.6 Å². The van der Waals surface area contributed by atoms with Crippen molar-refractivity contribution in [3.8, 4) is 5.75 Å². The highest BCUT2D eigenvalue weighted by Gasteiger charge is 2.31. The Morgan fingerprint density at radius 1 is 1.43 bits per heavy atom. The number of carbonyl (C=O) groups is 1. The molecule has 2 atom stereocenters. The summed E-state index contributed by atoms with van der Waals surface area (Å²) in [5.74, 6) is 0.837. The molecule has 0 aromatic heterocycles. The summed E-state index contributed by atoms with van der Waals surface area (Å²) >= 11 is 6.24. The summed E-state index contributed by atoms with van der Waals surface area (Å²) in [6.45, 7) is 4.85. The number of hydrogen-bond acceptors (Lipinski definition) is 4. The average molecular weight is 334 g/mol. The fourth-order valence-corrected chi connectivity index (χ4v) is 2.50. The quantitative estimate of drug-likeness (QED) is 0.860. The SMILES string of the molecule is COC(=O)C1CC(Oc2ccc(C(C)C)cc2Cl)CN1.Cl. The summed E-state index contributed by atoms with van der Waals surface area (Å²) in [6.07, 6.45) is 0.524. The molecule has 1 aromatic rings. The summed E-state index contributed by atoms with van der Waals surface area (Å²) < 4.78 is 10.6. The number of halogens is 2. The van der Waals surface area contributed by atoms with Gasteiger partial charge in [-0.25, -0.2) is 0 Å². The van der Waals surface area contributed by atoms with Gasteiger partial charge in [-0.15, -0.1) is 12.4 Å². The van der Waals surface area contributed by atoms with Crippen LogP contribution >= 0.6 is 24.0 Å². The molecule has 2 rings (SSSR count). The second kappa shape index (κ2) is 7.87. The highest BCUT2D eigenvalue weighted by molar-refractivity contribution is 6.32. The van der Waals surface area contributed by atoms with Gasteiger partial charge in [0, 0.05) is 13.0 Å². The van der Waals surface area contributed by atoms with Crippen molar-refractivity contribution in [3.63, 3.8) is 0 Å². The lowest BCUT2D eigenvalue weighted by Gasteiger charge is -2.15. The zero-order valence-corrected chi connectivity index (χ0v) is 14.0. The fraction of sp³-hybridized carbons (Fsp3) is 0.533. The first-order valence-electron chi connectivity index (χ1n) is 6.78. The van der Waals surface area contributed by atoms with E-state index in [0.29, 0.717) is 29.7 Å². The Kier molecular flexibility index (Phi) is 6.78. The molecule has 1 aliphatic heterocycles. The maximum Gasteiger partial charge on any atom is 0.323 e. The smallest absolute Gasteiger partial charge is 0.323 e. The average Bonchev–Trinajstić information content (AvgIpc) is 2.88. The molecule has 0 spiro atoms. The largest absolute Gasteiger partial charge is 0.487 e. The van der Waals surface area contributed by atoms with Gasteiger partial charge in [-0.2, -0.15) is 0 Å². The number of hydrogen-bond donors (Lipinski definition) is 1. The molecule has 2 unspecified atom stereocenters. The van der Waals surface area contributed by atoms with Gasteiger partial charge >= 0.3 is 5.97 Å². The molecule has 6 heteroatoms. The zero-order chi connectivity index (χ0) is 14.7. The van der Waals surface area contributed by atoms with E-state index >= 15 is 0 Å². The first kappa shape index (κ1) is 18.1. The molecule has 0 amide bonds. The Bertz CT molecular complexity index is 494. The number of esters is 1. The van der Waals surface area contributed by atoms with E-state index in [-0.39, 0.29) is 30.5 Å². The monoisotopic (exact) mass is 333 g/mol. The van der Waals surface area contributed by atoms with E-state index in [1.54, 1.807) is 0 Å². The number of ether oxygens (including phenoxy) is 2. The highest BCUT2D eigenvalue weighted by atomic mass is 35.5.